The van der Waals surface area contributed by atoms with E-state index in [4.69, 9.17) is 4.74 Å². The van der Waals surface area contributed by atoms with Crippen molar-refractivity contribution in [2.24, 2.45) is 0 Å². The van der Waals surface area contributed by atoms with Crippen LogP contribution in [0.25, 0.3) is 0 Å². The van der Waals surface area contributed by atoms with Crippen LogP contribution >= 0.6 is 0 Å². The van der Waals surface area contributed by atoms with Crippen molar-refractivity contribution >= 4 is 5.78 Å². The van der Waals surface area contributed by atoms with E-state index in [0.29, 0.717) is 30.0 Å². The Morgan fingerprint density at radius 1 is 1.18 bits per heavy atom. The first kappa shape index (κ1) is 11.7. The van der Waals surface area contributed by atoms with Crippen LogP contribution in [0.15, 0.2) is 0 Å². The summed E-state index contributed by atoms with van der Waals surface area (Å²) >= 11 is 0. The predicted octanol–water partition coefficient (Wildman–Crippen LogP) is 2.14. The molecular weight excluding hydrogens is 214 g/mol. The summed E-state index contributed by atoms with van der Waals surface area (Å²) in [5.74, 6) is 0.482. The van der Waals surface area contributed by atoms with Gasteiger partial charge in [-0.3, -0.25) is 9.69 Å². The van der Waals surface area contributed by atoms with Gasteiger partial charge < -0.3 is 4.74 Å². The molecular formula is C14H23NO2. The largest absolute Gasteiger partial charge is 0.377 e. The Kier molecular flexibility index (Phi) is 3.22. The summed E-state index contributed by atoms with van der Waals surface area (Å²) in [5, 5.41) is 0. The van der Waals surface area contributed by atoms with Gasteiger partial charge in [-0.1, -0.05) is 6.42 Å². The summed E-state index contributed by atoms with van der Waals surface area (Å²) in [4.78, 5) is 14.3. The third-order valence-electron chi connectivity index (χ3n) is 4.82. The number of rotatable bonds is 2. The summed E-state index contributed by atoms with van der Waals surface area (Å²) in [6.45, 7) is 3.23. The molecule has 0 spiro atoms. The van der Waals surface area contributed by atoms with Gasteiger partial charge in [0.1, 0.15) is 5.78 Å². The minimum atomic E-state index is 0.409. The number of piperidine rings is 2. The van der Waals surface area contributed by atoms with E-state index in [9.17, 15) is 4.79 Å². The molecule has 3 fully saturated rings. The van der Waals surface area contributed by atoms with E-state index in [1.54, 1.807) is 0 Å². The first-order chi connectivity index (χ1) is 8.25. The van der Waals surface area contributed by atoms with Gasteiger partial charge in [-0.2, -0.15) is 0 Å². The number of hydrogen-bond donors (Lipinski definition) is 0. The minimum Gasteiger partial charge on any atom is -0.377 e. The van der Waals surface area contributed by atoms with Crippen LogP contribution in [0.2, 0.25) is 0 Å². The minimum absolute atomic E-state index is 0.409. The number of carbonyl (C=O) groups is 1. The Balaban J connectivity index is 1.74. The molecule has 4 atom stereocenters. The molecule has 2 bridgehead atoms. The van der Waals surface area contributed by atoms with Crippen molar-refractivity contribution in [3.8, 4) is 0 Å². The predicted molar refractivity (Wildman–Crippen MR) is 65.9 cm³/mol. The zero-order valence-corrected chi connectivity index (χ0v) is 10.7. The van der Waals surface area contributed by atoms with Gasteiger partial charge in [0.05, 0.1) is 6.10 Å². The second kappa shape index (κ2) is 4.69. The number of Topliss-reactive ketones (excluding diaryl/α,β-unsaturated/α-hetero) is 1. The molecule has 3 heteroatoms. The van der Waals surface area contributed by atoms with E-state index in [0.717, 1.165) is 19.4 Å². The lowest BCUT2D eigenvalue weighted by Crippen LogP contribution is -2.58. The van der Waals surface area contributed by atoms with Crippen molar-refractivity contribution < 1.29 is 9.53 Å². The fraction of sp³-hybridized carbons (Fsp3) is 0.929. The van der Waals surface area contributed by atoms with Gasteiger partial charge in [-0.05, 0) is 32.6 Å². The quantitative estimate of drug-likeness (QED) is 0.737. The zero-order valence-electron chi connectivity index (χ0n) is 10.7. The Bertz CT molecular complexity index is 283. The smallest absolute Gasteiger partial charge is 0.136 e. The average molecular weight is 237 g/mol. The fourth-order valence-electron chi connectivity index (χ4n) is 4.05. The highest BCUT2D eigenvalue weighted by molar-refractivity contribution is 5.80. The van der Waals surface area contributed by atoms with E-state index in [1.165, 1.54) is 32.1 Å². The molecule has 3 aliphatic heterocycles. The summed E-state index contributed by atoms with van der Waals surface area (Å²) in [5.41, 5.74) is 0. The van der Waals surface area contributed by atoms with E-state index in [1.807, 2.05) is 0 Å². The third kappa shape index (κ3) is 2.15. The zero-order chi connectivity index (χ0) is 11.8. The fourth-order valence-corrected chi connectivity index (χ4v) is 4.05. The molecule has 3 rings (SSSR count). The van der Waals surface area contributed by atoms with Crippen molar-refractivity contribution in [2.75, 3.05) is 6.61 Å². The van der Waals surface area contributed by atoms with Gasteiger partial charge in [0.15, 0.2) is 0 Å². The monoisotopic (exact) mass is 237 g/mol. The normalized spacial score (nSPS) is 40.5. The third-order valence-corrected chi connectivity index (χ3v) is 4.82. The average Bonchev–Trinajstić information content (AvgIpc) is 2.80. The van der Waals surface area contributed by atoms with E-state index >= 15 is 0 Å². The summed E-state index contributed by atoms with van der Waals surface area (Å²) in [6.07, 6.45) is 8.10. The second-order valence-electron chi connectivity index (χ2n) is 5.92. The molecule has 96 valence electrons. The van der Waals surface area contributed by atoms with Crippen molar-refractivity contribution in [2.45, 2.75) is 76.1 Å². The standard InChI is InChI=1S/C14H23NO2/c1-10(14-6-3-7-17-14)15-11-4-2-5-12(15)9-13(16)8-11/h10-12,14H,2-9H2,1H3. The maximum Gasteiger partial charge on any atom is 0.136 e. The topological polar surface area (TPSA) is 29.5 Å². The number of ether oxygens (including phenoxy) is 1. The second-order valence-corrected chi connectivity index (χ2v) is 5.92. The lowest BCUT2D eigenvalue weighted by Gasteiger charge is -2.49. The molecule has 3 nitrogen and oxygen atoms in total. The molecule has 0 N–H and O–H groups in total. The van der Waals surface area contributed by atoms with Gasteiger partial charge >= 0.3 is 0 Å². The Morgan fingerprint density at radius 3 is 2.47 bits per heavy atom. The highest BCUT2D eigenvalue weighted by Crippen LogP contribution is 2.36. The molecule has 0 saturated carbocycles. The number of carbonyl (C=O) groups excluding carboxylic acids is 1. The molecule has 0 amide bonds. The Labute approximate surface area is 104 Å². The highest BCUT2D eigenvalue weighted by Gasteiger charge is 2.42. The summed E-state index contributed by atoms with van der Waals surface area (Å²) in [6, 6.07) is 1.52. The molecule has 0 aliphatic carbocycles. The number of hydrogen-bond acceptors (Lipinski definition) is 3. The SMILES string of the molecule is CC(C1CCCO1)N1C2CCCC1CC(=O)C2. The highest BCUT2D eigenvalue weighted by atomic mass is 16.5. The van der Waals surface area contributed by atoms with Gasteiger partial charge in [0, 0.05) is 37.6 Å². The molecule has 17 heavy (non-hydrogen) atoms. The molecule has 3 heterocycles. The van der Waals surface area contributed by atoms with Crippen LogP contribution in [-0.4, -0.2) is 41.5 Å². The maximum absolute atomic E-state index is 11.7. The van der Waals surface area contributed by atoms with Crippen LogP contribution in [0.1, 0.15) is 51.9 Å². The van der Waals surface area contributed by atoms with Gasteiger partial charge in [0.25, 0.3) is 0 Å². The van der Waals surface area contributed by atoms with Crippen LogP contribution in [0.4, 0.5) is 0 Å². The molecule has 3 aliphatic rings. The van der Waals surface area contributed by atoms with Gasteiger partial charge in [-0.25, -0.2) is 0 Å². The van der Waals surface area contributed by atoms with Crippen LogP contribution in [0.5, 0.6) is 0 Å². The van der Waals surface area contributed by atoms with Crippen LogP contribution in [0, 0.1) is 0 Å². The van der Waals surface area contributed by atoms with Crippen molar-refractivity contribution in [1.82, 2.24) is 4.90 Å². The van der Waals surface area contributed by atoms with E-state index in [-0.39, 0.29) is 0 Å². The first-order valence-electron chi connectivity index (χ1n) is 7.16. The molecule has 0 aromatic carbocycles. The van der Waals surface area contributed by atoms with Crippen LogP contribution < -0.4 is 0 Å². The molecule has 4 unspecified atom stereocenters. The van der Waals surface area contributed by atoms with Crippen molar-refractivity contribution in [3.05, 3.63) is 0 Å². The van der Waals surface area contributed by atoms with Gasteiger partial charge in [-0.15, -0.1) is 0 Å². The molecule has 0 radical (unpaired) electrons. The molecule has 0 aromatic rings. The maximum atomic E-state index is 11.7. The molecule has 0 aromatic heterocycles. The first-order valence-corrected chi connectivity index (χ1v) is 7.16. The van der Waals surface area contributed by atoms with Crippen molar-refractivity contribution in [3.63, 3.8) is 0 Å². The Hall–Kier alpha value is -0.410. The number of fused-ring (bicyclic) bond motifs is 2. The Morgan fingerprint density at radius 2 is 1.88 bits per heavy atom. The summed E-state index contributed by atoms with van der Waals surface area (Å²) in [7, 11) is 0. The van der Waals surface area contributed by atoms with Crippen molar-refractivity contribution in [1.29, 1.82) is 0 Å². The van der Waals surface area contributed by atoms with E-state index < -0.39 is 0 Å². The lowest BCUT2D eigenvalue weighted by atomic mass is 9.82. The summed E-state index contributed by atoms with van der Waals surface area (Å²) < 4.78 is 5.83. The van der Waals surface area contributed by atoms with Crippen LogP contribution in [0.3, 0.4) is 0 Å². The van der Waals surface area contributed by atoms with E-state index in [2.05, 4.69) is 11.8 Å². The number of nitrogens with zero attached hydrogens (tertiary/aromatic N) is 1. The van der Waals surface area contributed by atoms with Gasteiger partial charge in [0.2, 0.25) is 0 Å². The number of ketones is 1. The lowest BCUT2D eigenvalue weighted by molar-refractivity contribution is -0.131. The molecule has 3 saturated heterocycles. The van der Waals surface area contributed by atoms with Crippen LogP contribution in [-0.2, 0) is 9.53 Å².